The highest BCUT2D eigenvalue weighted by atomic mass is 16.6. The van der Waals surface area contributed by atoms with Crippen LogP contribution in [-0.2, 0) is 14.9 Å². The van der Waals surface area contributed by atoms with Gasteiger partial charge < -0.3 is 34.9 Å². The molecule has 4 rings (SSSR count). The molecule has 2 aliphatic heterocycles. The summed E-state index contributed by atoms with van der Waals surface area (Å²) in [7, 11) is 3.11. The molecule has 2 saturated heterocycles. The van der Waals surface area contributed by atoms with Gasteiger partial charge in [-0.2, -0.15) is 0 Å². The Bertz CT molecular complexity index is 973. The van der Waals surface area contributed by atoms with Crippen LogP contribution in [0.15, 0.2) is 30.5 Å². The number of rotatable bonds is 6. The van der Waals surface area contributed by atoms with E-state index in [1.807, 2.05) is 6.07 Å². The number of benzene rings is 1. The predicted octanol–water partition coefficient (Wildman–Crippen LogP) is 2.56. The number of nitrogens with one attached hydrogen (secondary N) is 3. The van der Waals surface area contributed by atoms with Gasteiger partial charge in [-0.3, -0.25) is 0 Å². The number of methoxy groups -OCH3 is 2. The van der Waals surface area contributed by atoms with Gasteiger partial charge in [-0.25, -0.2) is 14.8 Å². The Kier molecular flexibility index (Phi) is 6.57. The lowest BCUT2D eigenvalue weighted by Crippen LogP contribution is -2.46. The van der Waals surface area contributed by atoms with Crippen molar-refractivity contribution in [2.75, 3.05) is 38.1 Å². The fraction of sp³-hybridized carbons (Fsp3) is 0.522. The van der Waals surface area contributed by atoms with E-state index in [0.29, 0.717) is 36.3 Å². The Labute approximate surface area is 193 Å². The summed E-state index contributed by atoms with van der Waals surface area (Å²) >= 11 is 0. The largest absolute Gasteiger partial charge is 0.497 e. The predicted molar refractivity (Wildman–Crippen MR) is 123 cm³/mol. The number of nitrogens with zero attached hydrogens (tertiary/aromatic N) is 2. The van der Waals surface area contributed by atoms with Crippen molar-refractivity contribution in [1.82, 2.24) is 15.3 Å². The summed E-state index contributed by atoms with van der Waals surface area (Å²) in [4.78, 5) is 21.6. The molecule has 0 unspecified atom stereocenters. The summed E-state index contributed by atoms with van der Waals surface area (Å²) in [6, 6.07) is 6.34. The molecule has 178 valence electrons. The van der Waals surface area contributed by atoms with Gasteiger partial charge in [-0.1, -0.05) is 20.8 Å². The molecule has 0 aliphatic carbocycles. The van der Waals surface area contributed by atoms with Gasteiger partial charge >= 0.3 is 6.03 Å². The molecule has 1 aromatic carbocycles. The molecule has 2 amide bonds. The second kappa shape index (κ2) is 9.40. The lowest BCUT2D eigenvalue weighted by atomic mass is 9.92. The zero-order valence-electron chi connectivity index (χ0n) is 19.5. The van der Waals surface area contributed by atoms with Crippen molar-refractivity contribution in [3.8, 4) is 11.5 Å². The first-order valence-corrected chi connectivity index (χ1v) is 10.9. The number of anilines is 2. The second-order valence-electron chi connectivity index (χ2n) is 9.17. The average molecular weight is 458 g/mol. The van der Waals surface area contributed by atoms with Crippen molar-refractivity contribution >= 4 is 17.7 Å². The van der Waals surface area contributed by atoms with E-state index in [2.05, 4.69) is 46.7 Å². The molecule has 0 radical (unpaired) electrons. The Hall–Kier alpha value is -3.11. The summed E-state index contributed by atoms with van der Waals surface area (Å²) in [5.41, 5.74) is 1.43. The molecule has 10 heteroatoms. The van der Waals surface area contributed by atoms with Crippen molar-refractivity contribution in [3.05, 3.63) is 36.2 Å². The van der Waals surface area contributed by atoms with E-state index < -0.39 is 0 Å². The fourth-order valence-corrected chi connectivity index (χ4v) is 3.97. The van der Waals surface area contributed by atoms with Crippen LogP contribution >= 0.6 is 0 Å². The molecule has 33 heavy (non-hydrogen) atoms. The van der Waals surface area contributed by atoms with E-state index in [-0.39, 0.29) is 35.7 Å². The van der Waals surface area contributed by atoms with Gasteiger partial charge in [0.2, 0.25) is 5.95 Å². The van der Waals surface area contributed by atoms with Crippen molar-refractivity contribution in [1.29, 1.82) is 0 Å². The second-order valence-corrected chi connectivity index (χ2v) is 9.17. The minimum atomic E-state index is -0.360. The number of ether oxygens (including phenoxy) is 4. The normalized spacial score (nSPS) is 24.2. The summed E-state index contributed by atoms with van der Waals surface area (Å²) < 4.78 is 22.4. The third-order valence-corrected chi connectivity index (χ3v) is 5.72. The molecule has 0 spiro atoms. The fourth-order valence-electron chi connectivity index (χ4n) is 3.97. The lowest BCUT2D eigenvalue weighted by molar-refractivity contribution is 0.0683. The van der Waals surface area contributed by atoms with Crippen LogP contribution in [-0.4, -0.2) is 67.7 Å². The third-order valence-electron chi connectivity index (χ3n) is 5.72. The molecule has 10 nitrogen and oxygen atoms in total. The zero-order valence-corrected chi connectivity index (χ0v) is 19.5. The zero-order chi connectivity index (χ0) is 23.6. The van der Waals surface area contributed by atoms with Crippen molar-refractivity contribution in [3.63, 3.8) is 0 Å². The highest BCUT2D eigenvalue weighted by Gasteiger charge is 2.48. The highest BCUT2D eigenvalue weighted by molar-refractivity contribution is 5.90. The average Bonchev–Trinajstić information content (AvgIpc) is 3.36. The number of aromatic nitrogens is 2. The Morgan fingerprint density at radius 3 is 2.30 bits per heavy atom. The van der Waals surface area contributed by atoms with Crippen LogP contribution < -0.4 is 25.4 Å². The molecule has 1 aromatic heterocycles. The van der Waals surface area contributed by atoms with E-state index in [1.54, 1.807) is 38.6 Å². The summed E-state index contributed by atoms with van der Waals surface area (Å²) in [5.74, 6) is 1.71. The molecular formula is C23H31N5O5. The van der Waals surface area contributed by atoms with Crippen LogP contribution in [0.3, 0.4) is 0 Å². The highest BCUT2D eigenvalue weighted by Crippen LogP contribution is 2.30. The van der Waals surface area contributed by atoms with Gasteiger partial charge in [0, 0.05) is 35.5 Å². The topological polar surface area (TPSA) is 116 Å². The number of fused-ring (bicyclic) bond motifs is 1. The van der Waals surface area contributed by atoms with Gasteiger partial charge in [0.05, 0.1) is 45.2 Å². The van der Waals surface area contributed by atoms with Crippen molar-refractivity contribution in [2.24, 2.45) is 0 Å². The maximum Gasteiger partial charge on any atom is 0.319 e. The molecule has 4 atom stereocenters. The number of urea groups is 1. The first-order chi connectivity index (χ1) is 15.8. The Morgan fingerprint density at radius 1 is 1.03 bits per heavy atom. The first kappa shape index (κ1) is 23.1. The maximum atomic E-state index is 12.6. The third kappa shape index (κ3) is 5.28. The van der Waals surface area contributed by atoms with Gasteiger partial charge in [-0.15, -0.1) is 0 Å². The van der Waals surface area contributed by atoms with Gasteiger partial charge in [0.15, 0.2) is 0 Å². The first-order valence-electron chi connectivity index (χ1n) is 10.9. The minimum Gasteiger partial charge on any atom is -0.497 e. The van der Waals surface area contributed by atoms with Gasteiger partial charge in [0.1, 0.15) is 23.7 Å². The molecule has 3 heterocycles. The van der Waals surface area contributed by atoms with Gasteiger partial charge in [-0.05, 0) is 6.07 Å². The standard InChI is InChI=1S/C23H31N5O5/c1-23(2,3)18-6-7-24-21(28-18)26-16-11-32-20-17(12-33-19(16)20)27-22(29)25-13-8-14(30-4)10-15(9-13)31-5/h6-10,16-17,19-20H,11-12H2,1-5H3,(H,24,26,28)(H2,25,27,29)/t16-,17+,19-,20+/m1/s1. The Balaban J connectivity index is 1.35. The van der Waals surface area contributed by atoms with E-state index >= 15 is 0 Å². The monoisotopic (exact) mass is 457 g/mol. The summed E-state index contributed by atoms with van der Waals surface area (Å²) in [6.07, 6.45) is 1.27. The van der Waals surface area contributed by atoms with Crippen LogP contribution in [0.2, 0.25) is 0 Å². The van der Waals surface area contributed by atoms with E-state index in [4.69, 9.17) is 18.9 Å². The minimum absolute atomic E-state index is 0.0763. The van der Waals surface area contributed by atoms with E-state index in [9.17, 15) is 4.79 Å². The quantitative estimate of drug-likeness (QED) is 0.606. The van der Waals surface area contributed by atoms with Gasteiger partial charge in [0.25, 0.3) is 0 Å². The number of carbonyl (C=O) groups is 1. The summed E-state index contributed by atoms with van der Waals surface area (Å²) in [6.45, 7) is 7.11. The van der Waals surface area contributed by atoms with E-state index in [1.165, 1.54) is 0 Å². The molecule has 3 N–H and O–H groups in total. The molecule has 2 aliphatic rings. The molecular weight excluding hydrogens is 426 g/mol. The molecule has 0 bridgehead atoms. The van der Waals surface area contributed by atoms with Crippen molar-refractivity contribution < 1.29 is 23.7 Å². The molecule has 2 fully saturated rings. The number of carbonyl (C=O) groups excluding carboxylic acids is 1. The van der Waals surface area contributed by atoms with Crippen molar-refractivity contribution in [2.45, 2.75) is 50.5 Å². The lowest BCUT2D eigenvalue weighted by Gasteiger charge is -2.21. The molecule has 2 aromatic rings. The molecule has 0 saturated carbocycles. The van der Waals surface area contributed by atoms with Crippen LogP contribution in [0, 0.1) is 0 Å². The SMILES string of the molecule is COc1cc(NC(=O)N[C@H]2CO[C@H]3[C@H]2OC[C@H]3Nc2nccc(C(C)(C)C)n2)cc(OC)c1. The van der Waals surface area contributed by atoms with E-state index in [0.717, 1.165) is 5.69 Å². The number of amides is 2. The Morgan fingerprint density at radius 2 is 1.67 bits per heavy atom. The van der Waals surface area contributed by atoms with Crippen LogP contribution in [0.1, 0.15) is 26.5 Å². The smallest absolute Gasteiger partial charge is 0.319 e. The maximum absolute atomic E-state index is 12.6. The van der Waals surface area contributed by atoms with Crippen LogP contribution in [0.25, 0.3) is 0 Å². The number of hydrogen-bond donors (Lipinski definition) is 3. The summed E-state index contributed by atoms with van der Waals surface area (Å²) in [5, 5.41) is 9.09. The van der Waals surface area contributed by atoms with Crippen LogP contribution in [0.4, 0.5) is 16.4 Å². The van der Waals surface area contributed by atoms with Crippen LogP contribution in [0.5, 0.6) is 11.5 Å². The number of hydrogen-bond acceptors (Lipinski definition) is 8.